The Hall–Kier alpha value is -1.53. The molecule has 0 spiro atoms. The van der Waals surface area contributed by atoms with Crippen LogP contribution < -0.4 is 4.18 Å². The highest BCUT2D eigenvalue weighted by Crippen LogP contribution is 2.68. The van der Waals surface area contributed by atoms with Crippen molar-refractivity contribution in [1.82, 2.24) is 0 Å². The van der Waals surface area contributed by atoms with Crippen LogP contribution in [0.2, 0.25) is 0 Å². The molecule has 3 aliphatic rings. The van der Waals surface area contributed by atoms with Gasteiger partial charge in [-0.1, -0.05) is 45.8 Å². The van der Waals surface area contributed by atoms with Gasteiger partial charge >= 0.3 is 10.4 Å². The fourth-order valence-corrected chi connectivity index (χ4v) is 8.47. The predicted molar refractivity (Wildman–Crippen MR) is 126 cm³/mol. The molecule has 0 bridgehead atoms. The molecule has 2 saturated carbocycles. The number of hydrogen-bond donors (Lipinski definition) is 2. The van der Waals surface area contributed by atoms with Crippen LogP contribution in [0.3, 0.4) is 0 Å². The molecule has 2 fully saturated rings. The summed E-state index contributed by atoms with van der Waals surface area (Å²) in [6, 6.07) is 4.34. The van der Waals surface area contributed by atoms with Crippen LogP contribution in [0.5, 0.6) is 11.5 Å². The summed E-state index contributed by atoms with van der Waals surface area (Å²) in [6.45, 7) is 12.1. The van der Waals surface area contributed by atoms with Crippen LogP contribution in [0.4, 0.5) is 0 Å². The Morgan fingerprint density at radius 2 is 1.78 bits per heavy atom. The van der Waals surface area contributed by atoms with Gasteiger partial charge in [-0.25, -0.2) is 0 Å². The fraction of sp³-hybridized carbons (Fsp3) is 0.692. The smallest absolute Gasteiger partial charge is 0.446 e. The molecule has 4 rings (SSSR count). The first-order valence-corrected chi connectivity index (χ1v) is 13.3. The van der Waals surface area contributed by atoms with Crippen molar-refractivity contribution in [1.29, 1.82) is 0 Å². The van der Waals surface area contributed by atoms with E-state index >= 15 is 0 Å². The number of aromatic hydroxyl groups is 1. The quantitative estimate of drug-likeness (QED) is 0.403. The van der Waals surface area contributed by atoms with E-state index in [-0.39, 0.29) is 22.8 Å². The number of rotatable bonds is 4. The molecular formula is C26H38O5S. The molecular weight excluding hydrogens is 424 g/mol. The van der Waals surface area contributed by atoms with E-state index in [9.17, 15) is 13.5 Å². The topological polar surface area (TPSA) is 83.8 Å². The maximum Gasteiger partial charge on any atom is 0.446 e. The summed E-state index contributed by atoms with van der Waals surface area (Å²) < 4.78 is 36.0. The lowest BCUT2D eigenvalue weighted by atomic mass is 9.39. The van der Waals surface area contributed by atoms with E-state index in [1.54, 1.807) is 6.07 Å². The van der Waals surface area contributed by atoms with Crippen molar-refractivity contribution >= 4 is 10.4 Å². The first-order chi connectivity index (χ1) is 14.8. The molecule has 32 heavy (non-hydrogen) atoms. The number of fused-ring (bicyclic) bond motifs is 3. The fourth-order valence-electron chi connectivity index (χ4n) is 8.12. The van der Waals surface area contributed by atoms with E-state index in [0.29, 0.717) is 28.7 Å². The van der Waals surface area contributed by atoms with Gasteiger partial charge in [0.2, 0.25) is 0 Å². The molecule has 5 nitrogen and oxygen atoms in total. The van der Waals surface area contributed by atoms with Gasteiger partial charge in [0.05, 0.1) is 0 Å². The Morgan fingerprint density at radius 3 is 2.47 bits per heavy atom. The first kappa shape index (κ1) is 23.6. The summed E-state index contributed by atoms with van der Waals surface area (Å²) in [5.41, 5.74) is 2.80. The lowest BCUT2D eigenvalue weighted by Crippen LogP contribution is -2.57. The van der Waals surface area contributed by atoms with Crippen LogP contribution in [-0.2, 0) is 16.8 Å². The average molecular weight is 463 g/mol. The van der Waals surface area contributed by atoms with Crippen LogP contribution in [-0.4, -0.2) is 18.1 Å². The Balaban J connectivity index is 1.69. The van der Waals surface area contributed by atoms with Crippen LogP contribution in [0.1, 0.15) is 78.7 Å². The Morgan fingerprint density at radius 1 is 1.06 bits per heavy atom. The molecule has 0 radical (unpaired) electrons. The Bertz CT molecular complexity index is 1030. The molecule has 6 heteroatoms. The highest BCUT2D eigenvalue weighted by molar-refractivity contribution is 7.81. The molecule has 0 aromatic heterocycles. The van der Waals surface area contributed by atoms with Gasteiger partial charge < -0.3 is 9.29 Å². The van der Waals surface area contributed by atoms with Crippen molar-refractivity contribution in [3.05, 3.63) is 35.4 Å². The molecule has 0 aliphatic heterocycles. The zero-order chi connectivity index (χ0) is 23.5. The lowest BCUT2D eigenvalue weighted by Gasteiger charge is -2.65. The van der Waals surface area contributed by atoms with E-state index in [4.69, 9.17) is 4.55 Å². The summed E-state index contributed by atoms with van der Waals surface area (Å²) in [7, 11) is -4.61. The Kier molecular flexibility index (Phi) is 5.73. The van der Waals surface area contributed by atoms with E-state index < -0.39 is 10.4 Å². The number of phenolic OH excluding ortho intramolecular Hbond substituents is 1. The maximum absolute atomic E-state index is 11.2. The van der Waals surface area contributed by atoms with Crippen molar-refractivity contribution in [2.45, 2.75) is 79.6 Å². The molecule has 0 amide bonds. The van der Waals surface area contributed by atoms with Gasteiger partial charge in [-0.05, 0) is 103 Å². The molecule has 1 aromatic carbocycles. The van der Waals surface area contributed by atoms with Crippen LogP contribution in [0.25, 0.3) is 0 Å². The summed E-state index contributed by atoms with van der Waals surface area (Å²) in [6.07, 6.45) is 10.4. The summed E-state index contributed by atoms with van der Waals surface area (Å²) in [5.74, 6) is 1.72. The predicted octanol–water partition coefficient (Wildman–Crippen LogP) is 6.33. The number of benzene rings is 1. The van der Waals surface area contributed by atoms with Crippen molar-refractivity contribution in [2.24, 2.45) is 34.0 Å². The molecule has 5 atom stereocenters. The molecule has 0 heterocycles. The normalized spacial score (nSPS) is 36.6. The molecule has 2 N–H and O–H groups in total. The van der Waals surface area contributed by atoms with Crippen molar-refractivity contribution in [3.8, 4) is 11.5 Å². The molecule has 1 aromatic rings. The van der Waals surface area contributed by atoms with E-state index in [1.807, 2.05) is 0 Å². The highest BCUT2D eigenvalue weighted by Gasteiger charge is 2.60. The second kappa shape index (κ2) is 7.76. The minimum absolute atomic E-state index is 0.0177. The van der Waals surface area contributed by atoms with Gasteiger partial charge in [0.25, 0.3) is 0 Å². The minimum atomic E-state index is -4.61. The van der Waals surface area contributed by atoms with Gasteiger partial charge in [-0.2, -0.15) is 8.42 Å². The summed E-state index contributed by atoms with van der Waals surface area (Å²) in [5, 5.41) is 10.5. The van der Waals surface area contributed by atoms with Gasteiger partial charge in [-0.3, -0.25) is 4.55 Å². The lowest BCUT2D eigenvalue weighted by molar-refractivity contribution is -0.145. The van der Waals surface area contributed by atoms with E-state index in [0.717, 1.165) is 12.3 Å². The standard InChI is InChI=1S/C26H38O5S/c1-17-7-10-23-25(4,14-11-22-24(2,3)12-6-13-26(22,23)5)20(17)16-18-15-19(8-9-21(18)27)31-32(28,29)30/h7-9,15,20,22-23,27H,6,10-14,16H2,1-5H3,(H,28,29,30)/t20-,22+,23+,25+,26+/m1/s1. The number of hydrogen-bond acceptors (Lipinski definition) is 4. The van der Waals surface area contributed by atoms with E-state index in [1.165, 1.54) is 49.8 Å². The molecule has 178 valence electrons. The summed E-state index contributed by atoms with van der Waals surface area (Å²) in [4.78, 5) is 0. The van der Waals surface area contributed by atoms with Gasteiger partial charge in [-0.15, -0.1) is 0 Å². The van der Waals surface area contributed by atoms with Crippen LogP contribution in [0.15, 0.2) is 29.8 Å². The number of allylic oxidation sites excluding steroid dienone is 2. The SMILES string of the molecule is CC1=CC[C@H]2[C@@](C)(CC[C@H]3C(C)(C)CCC[C@]23C)[C@@H]1Cc1cc(OS(=O)(=O)O)ccc1O. The van der Waals surface area contributed by atoms with Crippen LogP contribution in [0, 0.1) is 34.0 Å². The largest absolute Gasteiger partial charge is 0.508 e. The Labute approximate surface area is 193 Å². The van der Waals surface area contributed by atoms with Gasteiger partial charge in [0.1, 0.15) is 11.5 Å². The zero-order valence-corrected chi connectivity index (χ0v) is 20.8. The van der Waals surface area contributed by atoms with Gasteiger partial charge in [0, 0.05) is 0 Å². The van der Waals surface area contributed by atoms with Crippen molar-refractivity contribution in [3.63, 3.8) is 0 Å². The molecule has 3 aliphatic carbocycles. The molecule has 0 unspecified atom stereocenters. The number of phenols is 1. The van der Waals surface area contributed by atoms with Crippen molar-refractivity contribution < 1.29 is 22.3 Å². The second-order valence-electron chi connectivity index (χ2n) is 11.7. The second-order valence-corrected chi connectivity index (χ2v) is 12.8. The van der Waals surface area contributed by atoms with Crippen LogP contribution >= 0.6 is 0 Å². The monoisotopic (exact) mass is 462 g/mol. The maximum atomic E-state index is 11.2. The van der Waals surface area contributed by atoms with Crippen molar-refractivity contribution in [2.75, 3.05) is 0 Å². The third-order valence-electron chi connectivity index (χ3n) is 9.54. The first-order valence-electron chi connectivity index (χ1n) is 11.9. The average Bonchev–Trinajstić information content (AvgIpc) is 2.65. The molecule has 0 saturated heterocycles. The zero-order valence-electron chi connectivity index (χ0n) is 20.0. The van der Waals surface area contributed by atoms with Gasteiger partial charge in [0.15, 0.2) is 0 Å². The highest BCUT2D eigenvalue weighted by atomic mass is 32.3. The summed E-state index contributed by atoms with van der Waals surface area (Å²) >= 11 is 0. The van der Waals surface area contributed by atoms with E-state index in [2.05, 4.69) is 44.9 Å². The third-order valence-corrected chi connectivity index (χ3v) is 9.94. The minimum Gasteiger partial charge on any atom is -0.508 e. The third kappa shape index (κ3) is 3.98.